The summed E-state index contributed by atoms with van der Waals surface area (Å²) >= 11 is 4.61. The number of thiocarbonyl (C=S) groups is 1. The van der Waals surface area contributed by atoms with Gasteiger partial charge in [0.25, 0.3) is 0 Å². The largest absolute Gasteiger partial charge is 0.392 e. The van der Waals surface area contributed by atoms with Crippen LogP contribution in [0.3, 0.4) is 0 Å². The predicted octanol–water partition coefficient (Wildman–Crippen LogP) is -0.429. The van der Waals surface area contributed by atoms with Gasteiger partial charge in [-0.1, -0.05) is 12.2 Å². The van der Waals surface area contributed by atoms with Crippen LogP contribution in [0, 0.1) is 5.92 Å². The van der Waals surface area contributed by atoms with Crippen molar-refractivity contribution >= 4 is 27.2 Å². The van der Waals surface area contributed by atoms with E-state index < -0.39 is 10.0 Å². The molecule has 0 saturated carbocycles. The summed E-state index contributed by atoms with van der Waals surface area (Å²) < 4.78 is 29.9. The van der Waals surface area contributed by atoms with Gasteiger partial charge in [0, 0.05) is 20.2 Å². The second-order valence-electron chi connectivity index (χ2n) is 3.69. The Kier molecular flexibility index (Phi) is 4.45. The molecule has 1 atom stereocenters. The fraction of sp³-hybridized carbons (Fsp3) is 0.875. The Labute approximate surface area is 95.6 Å². The average molecular weight is 252 g/mol. The Morgan fingerprint density at radius 1 is 1.67 bits per heavy atom. The number of ether oxygens (including phenoxy) is 1. The van der Waals surface area contributed by atoms with Crippen LogP contribution < -0.4 is 5.73 Å². The van der Waals surface area contributed by atoms with Gasteiger partial charge in [-0.2, -0.15) is 0 Å². The van der Waals surface area contributed by atoms with Crippen LogP contribution in [0.2, 0.25) is 0 Å². The number of nitrogens with zero attached hydrogens (tertiary/aromatic N) is 1. The van der Waals surface area contributed by atoms with Crippen LogP contribution in [-0.2, 0) is 14.8 Å². The Balaban J connectivity index is 2.56. The summed E-state index contributed by atoms with van der Waals surface area (Å²) in [5, 5.41) is 0. The van der Waals surface area contributed by atoms with E-state index >= 15 is 0 Å². The molecule has 7 heteroatoms. The Bertz CT molecular complexity index is 329. The number of rotatable bonds is 5. The molecule has 1 aliphatic heterocycles. The molecule has 1 rings (SSSR count). The molecule has 1 fully saturated rings. The van der Waals surface area contributed by atoms with E-state index in [9.17, 15) is 8.42 Å². The second kappa shape index (κ2) is 5.20. The zero-order chi connectivity index (χ0) is 11.5. The molecule has 5 nitrogen and oxygen atoms in total. The van der Waals surface area contributed by atoms with Gasteiger partial charge in [-0.25, -0.2) is 12.7 Å². The maximum Gasteiger partial charge on any atom is 0.220 e. The molecule has 0 aromatic rings. The van der Waals surface area contributed by atoms with E-state index in [1.165, 1.54) is 4.31 Å². The maximum atomic E-state index is 11.7. The van der Waals surface area contributed by atoms with Crippen LogP contribution in [-0.4, -0.2) is 50.3 Å². The van der Waals surface area contributed by atoms with Gasteiger partial charge in [-0.3, -0.25) is 0 Å². The lowest BCUT2D eigenvalue weighted by molar-refractivity contribution is 0.157. The number of sulfonamides is 1. The number of methoxy groups -OCH3 is 1. The fourth-order valence-corrected chi connectivity index (χ4v) is 3.50. The molecule has 0 radical (unpaired) electrons. The van der Waals surface area contributed by atoms with Crippen LogP contribution in [0.1, 0.15) is 6.42 Å². The number of hydrogen-bond acceptors (Lipinski definition) is 4. The lowest BCUT2D eigenvalue weighted by atomic mass is 10.1. The standard InChI is InChI=1S/C8H16N2O3S2/c1-13-5-7-2-3-10(4-7)15(11,12)6-8(9)14/h7H,2-6H2,1H3,(H2,9,14). The Morgan fingerprint density at radius 2 is 2.33 bits per heavy atom. The zero-order valence-corrected chi connectivity index (χ0v) is 10.3. The van der Waals surface area contributed by atoms with Gasteiger partial charge in [0.05, 0.1) is 11.6 Å². The van der Waals surface area contributed by atoms with Crippen molar-refractivity contribution in [1.29, 1.82) is 0 Å². The second-order valence-corrected chi connectivity index (χ2v) is 6.18. The predicted molar refractivity (Wildman–Crippen MR) is 62.1 cm³/mol. The molecular formula is C8H16N2O3S2. The van der Waals surface area contributed by atoms with E-state index in [0.29, 0.717) is 19.7 Å². The summed E-state index contributed by atoms with van der Waals surface area (Å²) in [5.74, 6) is 0.0540. The van der Waals surface area contributed by atoms with Crippen molar-refractivity contribution in [2.24, 2.45) is 11.7 Å². The van der Waals surface area contributed by atoms with Crippen molar-refractivity contribution in [2.75, 3.05) is 32.6 Å². The summed E-state index contributed by atoms with van der Waals surface area (Å²) in [5.41, 5.74) is 5.24. The first-order valence-electron chi connectivity index (χ1n) is 4.71. The van der Waals surface area contributed by atoms with Crippen LogP contribution in [0.25, 0.3) is 0 Å². The van der Waals surface area contributed by atoms with Gasteiger partial charge >= 0.3 is 0 Å². The molecule has 1 saturated heterocycles. The van der Waals surface area contributed by atoms with E-state index in [0.717, 1.165) is 6.42 Å². The van der Waals surface area contributed by atoms with Gasteiger partial charge in [0.15, 0.2) is 0 Å². The molecule has 0 spiro atoms. The number of hydrogen-bond donors (Lipinski definition) is 1. The molecule has 0 aliphatic carbocycles. The SMILES string of the molecule is COCC1CCN(S(=O)(=O)CC(N)=S)C1. The topological polar surface area (TPSA) is 72.6 Å². The van der Waals surface area contributed by atoms with Crippen LogP contribution in [0.4, 0.5) is 0 Å². The molecule has 2 N–H and O–H groups in total. The van der Waals surface area contributed by atoms with E-state index in [4.69, 9.17) is 10.5 Å². The van der Waals surface area contributed by atoms with Crippen molar-refractivity contribution in [3.05, 3.63) is 0 Å². The Hall–Kier alpha value is -0.240. The van der Waals surface area contributed by atoms with Crippen LogP contribution >= 0.6 is 12.2 Å². The van der Waals surface area contributed by atoms with Crippen LogP contribution in [0.15, 0.2) is 0 Å². The molecule has 0 aromatic carbocycles. The molecular weight excluding hydrogens is 236 g/mol. The summed E-state index contributed by atoms with van der Waals surface area (Å²) in [4.78, 5) is 0.0187. The minimum atomic E-state index is -3.30. The highest BCUT2D eigenvalue weighted by Gasteiger charge is 2.31. The van der Waals surface area contributed by atoms with Crippen molar-refractivity contribution in [2.45, 2.75) is 6.42 Å². The van der Waals surface area contributed by atoms with E-state index in [1.54, 1.807) is 7.11 Å². The first-order valence-corrected chi connectivity index (χ1v) is 6.72. The van der Waals surface area contributed by atoms with Gasteiger partial charge in [-0.05, 0) is 12.3 Å². The maximum absolute atomic E-state index is 11.7. The Morgan fingerprint density at radius 3 is 2.87 bits per heavy atom. The zero-order valence-electron chi connectivity index (χ0n) is 8.68. The van der Waals surface area contributed by atoms with Crippen molar-refractivity contribution in [1.82, 2.24) is 4.31 Å². The highest BCUT2D eigenvalue weighted by molar-refractivity contribution is 7.92. The van der Waals surface area contributed by atoms with Gasteiger partial charge < -0.3 is 10.5 Å². The van der Waals surface area contributed by atoms with E-state index in [2.05, 4.69) is 12.2 Å². The van der Waals surface area contributed by atoms with E-state index in [-0.39, 0.29) is 16.7 Å². The lowest BCUT2D eigenvalue weighted by Crippen LogP contribution is -2.35. The molecule has 0 aromatic heterocycles. The van der Waals surface area contributed by atoms with Gasteiger partial charge in [0.2, 0.25) is 10.0 Å². The monoisotopic (exact) mass is 252 g/mol. The normalized spacial score (nSPS) is 23.1. The molecule has 1 heterocycles. The average Bonchev–Trinajstić information content (AvgIpc) is 2.51. The highest BCUT2D eigenvalue weighted by atomic mass is 32.2. The third kappa shape index (κ3) is 3.67. The van der Waals surface area contributed by atoms with Gasteiger partial charge in [-0.15, -0.1) is 0 Å². The molecule has 1 aliphatic rings. The van der Waals surface area contributed by atoms with E-state index in [1.807, 2.05) is 0 Å². The minimum Gasteiger partial charge on any atom is -0.392 e. The molecule has 88 valence electrons. The summed E-state index contributed by atoms with van der Waals surface area (Å²) in [7, 11) is -1.68. The first kappa shape index (κ1) is 12.8. The molecule has 15 heavy (non-hydrogen) atoms. The molecule has 1 unspecified atom stereocenters. The molecule has 0 amide bonds. The van der Waals surface area contributed by atoms with Gasteiger partial charge in [0.1, 0.15) is 5.75 Å². The molecule has 0 bridgehead atoms. The van der Waals surface area contributed by atoms with Crippen LogP contribution in [0.5, 0.6) is 0 Å². The third-order valence-electron chi connectivity index (χ3n) is 2.37. The number of nitrogens with two attached hydrogens (primary N) is 1. The fourth-order valence-electron chi connectivity index (χ4n) is 1.69. The summed E-state index contributed by atoms with van der Waals surface area (Å²) in [6.45, 7) is 1.65. The van der Waals surface area contributed by atoms with Crippen molar-refractivity contribution in [3.8, 4) is 0 Å². The minimum absolute atomic E-state index is 0.0187. The smallest absolute Gasteiger partial charge is 0.220 e. The first-order chi connectivity index (χ1) is 6.95. The van der Waals surface area contributed by atoms with Crippen molar-refractivity contribution < 1.29 is 13.2 Å². The summed E-state index contributed by atoms with van der Waals surface area (Å²) in [6.07, 6.45) is 0.838. The lowest BCUT2D eigenvalue weighted by Gasteiger charge is -2.15. The highest BCUT2D eigenvalue weighted by Crippen LogP contribution is 2.19. The third-order valence-corrected chi connectivity index (χ3v) is 4.49. The quantitative estimate of drug-likeness (QED) is 0.672. The summed E-state index contributed by atoms with van der Waals surface area (Å²) in [6, 6.07) is 0. The van der Waals surface area contributed by atoms with Crippen molar-refractivity contribution in [3.63, 3.8) is 0 Å².